The number of nitrogens with one attached hydrogen (secondary N) is 1. The zero-order valence-electron chi connectivity index (χ0n) is 12.9. The highest BCUT2D eigenvalue weighted by Crippen LogP contribution is 2.19. The van der Waals surface area contributed by atoms with Crippen LogP contribution in [0, 0.1) is 0 Å². The van der Waals surface area contributed by atoms with Crippen LogP contribution in [0.25, 0.3) is 0 Å². The van der Waals surface area contributed by atoms with Gasteiger partial charge >= 0.3 is 6.03 Å². The van der Waals surface area contributed by atoms with Gasteiger partial charge in [-0.25, -0.2) is 9.78 Å². The van der Waals surface area contributed by atoms with E-state index in [9.17, 15) is 4.79 Å². The number of carbonyl (C=O) groups is 1. The molecule has 0 spiro atoms. The molecule has 1 aliphatic rings. The van der Waals surface area contributed by atoms with Gasteiger partial charge in [-0.1, -0.05) is 6.07 Å². The molecule has 2 heterocycles. The molecule has 2 aromatic rings. The van der Waals surface area contributed by atoms with Crippen LogP contribution in [0.15, 0.2) is 48.7 Å². The van der Waals surface area contributed by atoms with Crippen LogP contribution in [0.5, 0.6) is 11.6 Å². The van der Waals surface area contributed by atoms with Crippen molar-refractivity contribution < 1.29 is 14.3 Å². The molecule has 2 amide bonds. The minimum absolute atomic E-state index is 0.00372. The Morgan fingerprint density at radius 3 is 2.70 bits per heavy atom. The Morgan fingerprint density at radius 1 is 1.26 bits per heavy atom. The van der Waals surface area contributed by atoms with Gasteiger partial charge in [-0.15, -0.1) is 0 Å². The highest BCUT2D eigenvalue weighted by Gasteiger charge is 2.32. The lowest BCUT2D eigenvalue weighted by Crippen LogP contribution is -2.57. The van der Waals surface area contributed by atoms with Crippen molar-refractivity contribution in [2.24, 2.45) is 0 Å². The van der Waals surface area contributed by atoms with Gasteiger partial charge in [0.2, 0.25) is 5.88 Å². The highest BCUT2D eigenvalue weighted by atomic mass is 16.5. The maximum absolute atomic E-state index is 12.1. The smallest absolute Gasteiger partial charge is 0.322 e. The molecular formula is C17H19N3O3. The van der Waals surface area contributed by atoms with E-state index in [0.717, 1.165) is 11.4 Å². The number of hydrogen-bond acceptors (Lipinski definition) is 4. The molecule has 1 fully saturated rings. The molecule has 0 saturated carbocycles. The standard InChI is InChI=1S/C17H19N3O3/c1-2-22-14-8-6-13(7-9-14)19-17(21)20-11-15(12-20)23-16-5-3-4-10-18-16/h3-10,15H,2,11-12H2,1H3,(H,19,21). The first kappa shape index (κ1) is 15.1. The topological polar surface area (TPSA) is 63.7 Å². The Bertz CT molecular complexity index is 640. The van der Waals surface area contributed by atoms with Crippen molar-refractivity contribution in [1.82, 2.24) is 9.88 Å². The van der Waals surface area contributed by atoms with Crippen molar-refractivity contribution in [1.29, 1.82) is 0 Å². The van der Waals surface area contributed by atoms with Crippen LogP contribution in [0.4, 0.5) is 10.5 Å². The normalized spacial score (nSPS) is 14.0. The molecule has 120 valence electrons. The van der Waals surface area contributed by atoms with Crippen molar-refractivity contribution in [3.63, 3.8) is 0 Å². The van der Waals surface area contributed by atoms with Gasteiger partial charge in [0.05, 0.1) is 19.7 Å². The largest absolute Gasteiger partial charge is 0.494 e. The Morgan fingerprint density at radius 2 is 2.04 bits per heavy atom. The number of carbonyl (C=O) groups excluding carboxylic acids is 1. The zero-order chi connectivity index (χ0) is 16.1. The monoisotopic (exact) mass is 313 g/mol. The van der Waals surface area contributed by atoms with Gasteiger partial charge in [-0.05, 0) is 37.3 Å². The number of anilines is 1. The lowest BCUT2D eigenvalue weighted by molar-refractivity contribution is 0.0461. The van der Waals surface area contributed by atoms with E-state index in [1.165, 1.54) is 0 Å². The van der Waals surface area contributed by atoms with Gasteiger partial charge in [-0.2, -0.15) is 0 Å². The summed E-state index contributed by atoms with van der Waals surface area (Å²) >= 11 is 0. The summed E-state index contributed by atoms with van der Waals surface area (Å²) in [5, 5.41) is 2.86. The summed E-state index contributed by atoms with van der Waals surface area (Å²) in [7, 11) is 0. The first-order valence-corrected chi connectivity index (χ1v) is 7.61. The maximum Gasteiger partial charge on any atom is 0.322 e. The first-order valence-electron chi connectivity index (χ1n) is 7.61. The van der Waals surface area contributed by atoms with E-state index >= 15 is 0 Å². The summed E-state index contributed by atoms with van der Waals surface area (Å²) < 4.78 is 11.0. The fourth-order valence-corrected chi connectivity index (χ4v) is 2.27. The maximum atomic E-state index is 12.1. The number of hydrogen-bond donors (Lipinski definition) is 1. The second-order valence-electron chi connectivity index (χ2n) is 5.20. The predicted octanol–water partition coefficient (Wildman–Crippen LogP) is 2.78. The zero-order valence-corrected chi connectivity index (χ0v) is 12.9. The number of likely N-dealkylation sites (tertiary alicyclic amines) is 1. The number of aromatic nitrogens is 1. The van der Waals surface area contributed by atoms with Crippen LogP contribution in [0.1, 0.15) is 6.92 Å². The van der Waals surface area contributed by atoms with Crippen molar-refractivity contribution in [2.45, 2.75) is 13.0 Å². The van der Waals surface area contributed by atoms with Crippen molar-refractivity contribution in [3.8, 4) is 11.6 Å². The average Bonchev–Trinajstić information content (AvgIpc) is 2.53. The summed E-state index contributed by atoms with van der Waals surface area (Å²) in [6, 6.07) is 12.7. The van der Waals surface area contributed by atoms with Gasteiger partial charge in [0.25, 0.3) is 0 Å². The van der Waals surface area contributed by atoms with Crippen LogP contribution in [-0.4, -0.2) is 41.7 Å². The van der Waals surface area contributed by atoms with Crippen LogP contribution < -0.4 is 14.8 Å². The molecule has 1 aliphatic heterocycles. The van der Waals surface area contributed by atoms with Crippen LogP contribution in [0.3, 0.4) is 0 Å². The van der Waals surface area contributed by atoms with Gasteiger partial charge in [-0.3, -0.25) is 0 Å². The van der Waals surface area contributed by atoms with Crippen LogP contribution >= 0.6 is 0 Å². The Kier molecular flexibility index (Phi) is 4.61. The van der Waals surface area contributed by atoms with Gasteiger partial charge in [0.15, 0.2) is 0 Å². The molecule has 1 aromatic heterocycles. The molecule has 1 saturated heterocycles. The summed E-state index contributed by atoms with van der Waals surface area (Å²) in [4.78, 5) is 17.9. The van der Waals surface area contributed by atoms with Crippen molar-refractivity contribution >= 4 is 11.7 Å². The number of ether oxygens (including phenoxy) is 2. The number of benzene rings is 1. The third-order valence-corrected chi connectivity index (χ3v) is 3.48. The quantitative estimate of drug-likeness (QED) is 0.922. The van der Waals surface area contributed by atoms with Crippen molar-refractivity contribution in [3.05, 3.63) is 48.7 Å². The lowest BCUT2D eigenvalue weighted by Gasteiger charge is -2.38. The fraction of sp³-hybridized carbons (Fsp3) is 0.294. The minimum atomic E-state index is -0.130. The SMILES string of the molecule is CCOc1ccc(NC(=O)N2CC(Oc3ccccn3)C2)cc1. The van der Waals surface area contributed by atoms with E-state index < -0.39 is 0 Å². The fourth-order valence-electron chi connectivity index (χ4n) is 2.27. The predicted molar refractivity (Wildman–Crippen MR) is 86.9 cm³/mol. The highest BCUT2D eigenvalue weighted by molar-refractivity contribution is 5.90. The van der Waals surface area contributed by atoms with Gasteiger partial charge in [0, 0.05) is 18.0 Å². The second kappa shape index (κ2) is 7.00. The molecule has 23 heavy (non-hydrogen) atoms. The van der Waals surface area contributed by atoms with Gasteiger partial charge < -0.3 is 19.7 Å². The first-order chi connectivity index (χ1) is 11.2. The number of nitrogens with zero attached hydrogens (tertiary/aromatic N) is 2. The molecule has 0 unspecified atom stereocenters. The number of amides is 2. The molecule has 0 radical (unpaired) electrons. The van der Waals surface area contributed by atoms with Crippen molar-refractivity contribution in [2.75, 3.05) is 25.0 Å². The van der Waals surface area contributed by atoms with E-state index in [1.807, 2.05) is 49.4 Å². The molecular weight excluding hydrogens is 294 g/mol. The Labute approximate surface area is 135 Å². The molecule has 0 bridgehead atoms. The number of rotatable bonds is 5. The lowest BCUT2D eigenvalue weighted by atomic mass is 10.2. The molecule has 0 atom stereocenters. The summed E-state index contributed by atoms with van der Waals surface area (Å²) in [6.45, 7) is 3.67. The van der Waals surface area contributed by atoms with E-state index in [1.54, 1.807) is 11.1 Å². The number of pyridine rings is 1. The molecule has 0 aliphatic carbocycles. The molecule has 1 aromatic carbocycles. The Hall–Kier alpha value is -2.76. The average molecular weight is 313 g/mol. The van der Waals surface area contributed by atoms with Gasteiger partial charge in [0.1, 0.15) is 11.9 Å². The summed E-state index contributed by atoms with van der Waals surface area (Å²) in [5.74, 6) is 1.38. The number of urea groups is 1. The van der Waals surface area contributed by atoms with E-state index in [4.69, 9.17) is 9.47 Å². The third kappa shape index (κ3) is 3.91. The molecule has 6 nitrogen and oxygen atoms in total. The summed E-state index contributed by atoms with van der Waals surface area (Å²) in [5.41, 5.74) is 0.743. The Balaban J connectivity index is 1.45. The second-order valence-corrected chi connectivity index (χ2v) is 5.20. The molecule has 1 N–H and O–H groups in total. The van der Waals surface area contributed by atoms with E-state index in [-0.39, 0.29) is 12.1 Å². The molecule has 3 rings (SSSR count). The van der Waals surface area contributed by atoms with E-state index in [2.05, 4.69) is 10.3 Å². The molecule has 6 heteroatoms. The van der Waals surface area contributed by atoms with Crippen LogP contribution in [0.2, 0.25) is 0 Å². The van der Waals surface area contributed by atoms with Crippen LogP contribution in [-0.2, 0) is 0 Å². The summed E-state index contributed by atoms with van der Waals surface area (Å²) in [6.07, 6.45) is 1.68. The third-order valence-electron chi connectivity index (χ3n) is 3.48. The minimum Gasteiger partial charge on any atom is -0.494 e. The van der Waals surface area contributed by atoms with E-state index in [0.29, 0.717) is 25.6 Å².